The molecule has 0 saturated heterocycles. The van der Waals surface area contributed by atoms with Crippen LogP contribution in [-0.4, -0.2) is 28.2 Å². The molecule has 7 heteroatoms. The summed E-state index contributed by atoms with van der Waals surface area (Å²) in [5.41, 5.74) is 2.19. The summed E-state index contributed by atoms with van der Waals surface area (Å²) in [7, 11) is 1.28. The average molecular weight is 403 g/mol. The Kier molecular flexibility index (Phi) is 6.45. The Morgan fingerprint density at radius 3 is 2.85 bits per heavy atom. The minimum absolute atomic E-state index is 0.214. The second-order valence-electron chi connectivity index (χ2n) is 5.97. The smallest absolute Gasteiger partial charge is 0.296 e. The zero-order chi connectivity index (χ0) is 19.2. The van der Waals surface area contributed by atoms with Crippen molar-refractivity contribution in [2.24, 2.45) is 0 Å². The van der Waals surface area contributed by atoms with Crippen LogP contribution in [0.1, 0.15) is 27.5 Å². The van der Waals surface area contributed by atoms with Crippen LogP contribution in [0.2, 0.25) is 0 Å². The summed E-state index contributed by atoms with van der Waals surface area (Å²) in [6.07, 6.45) is 6.94. The zero-order valence-electron chi connectivity index (χ0n) is 14.8. The highest BCUT2D eigenvalue weighted by Crippen LogP contribution is 2.27. The van der Waals surface area contributed by atoms with E-state index in [1.165, 1.54) is 18.4 Å². The Bertz CT molecular complexity index is 901. The highest BCUT2D eigenvalue weighted by molar-refractivity contribution is 7.09. The molecule has 1 heterocycles. The highest BCUT2D eigenvalue weighted by atomic mass is 35.5. The number of hydrogen-bond donors (Lipinski definition) is 1. The summed E-state index contributed by atoms with van der Waals surface area (Å²) in [6, 6.07) is 9.93. The van der Waals surface area contributed by atoms with Gasteiger partial charge in [-0.25, -0.2) is 10.0 Å². The second-order valence-corrected chi connectivity index (χ2v) is 7.35. The number of hydrogen-bond acceptors (Lipinski definition) is 5. The first-order valence-corrected chi connectivity index (χ1v) is 9.63. The molecule has 3 rings (SSSR count). The number of ether oxygens (including phenoxy) is 1. The van der Waals surface area contributed by atoms with Crippen LogP contribution in [0.15, 0.2) is 70.3 Å². The molecule has 1 aromatic heterocycles. The first-order valence-electron chi connectivity index (χ1n) is 8.37. The maximum absolute atomic E-state index is 11.8. The van der Waals surface area contributed by atoms with E-state index in [9.17, 15) is 10.0 Å². The molecule has 1 aliphatic carbocycles. The van der Waals surface area contributed by atoms with Gasteiger partial charge in [-0.05, 0) is 24.1 Å². The van der Waals surface area contributed by atoms with Crippen LogP contribution >= 0.6 is 22.9 Å². The number of thiazole rings is 1. The van der Waals surface area contributed by atoms with E-state index in [-0.39, 0.29) is 5.69 Å². The molecule has 5 nitrogen and oxygen atoms in total. The Hall–Kier alpha value is -2.41. The number of rotatable bonds is 6. The molecule has 1 amide bonds. The van der Waals surface area contributed by atoms with E-state index >= 15 is 0 Å². The number of hydroxylamine groups is 2. The number of benzene rings is 1. The Labute approximate surface area is 166 Å². The molecule has 0 unspecified atom stereocenters. The van der Waals surface area contributed by atoms with Crippen LogP contribution < -0.4 is 0 Å². The molecule has 140 valence electrons. The van der Waals surface area contributed by atoms with Crippen LogP contribution in [0.4, 0.5) is 0 Å². The number of halogens is 1. The van der Waals surface area contributed by atoms with Gasteiger partial charge < -0.3 is 4.74 Å². The van der Waals surface area contributed by atoms with Crippen molar-refractivity contribution in [1.29, 1.82) is 0 Å². The van der Waals surface area contributed by atoms with Crippen LogP contribution in [-0.2, 0) is 17.8 Å². The van der Waals surface area contributed by atoms with E-state index in [0.29, 0.717) is 29.5 Å². The molecule has 0 bridgehead atoms. The third kappa shape index (κ3) is 5.29. The number of nitrogens with zero attached hydrogens (tertiary/aromatic N) is 2. The SMILES string of the molecule is CN(O)C(=O)c1csc(CC2=CC(Cl)=CCC=C2OCc2ccccc2)n1. The molecule has 2 aromatic rings. The largest absolute Gasteiger partial charge is 0.489 e. The van der Waals surface area contributed by atoms with Crippen LogP contribution in [0.5, 0.6) is 0 Å². The predicted octanol–water partition coefficient (Wildman–Crippen LogP) is 4.70. The maximum atomic E-state index is 11.8. The first kappa shape index (κ1) is 19.4. The lowest BCUT2D eigenvalue weighted by Gasteiger charge is -2.13. The van der Waals surface area contributed by atoms with E-state index in [1.807, 2.05) is 48.6 Å². The summed E-state index contributed by atoms with van der Waals surface area (Å²) in [5.74, 6) is 0.217. The zero-order valence-corrected chi connectivity index (χ0v) is 16.3. The Morgan fingerprint density at radius 1 is 1.33 bits per heavy atom. The molecule has 0 spiro atoms. The summed E-state index contributed by atoms with van der Waals surface area (Å²) in [5, 5.41) is 12.8. The number of allylic oxidation sites excluding steroid dienone is 5. The number of aromatic nitrogens is 1. The van der Waals surface area contributed by atoms with Crippen LogP contribution in [0.25, 0.3) is 0 Å². The van der Waals surface area contributed by atoms with E-state index in [4.69, 9.17) is 16.3 Å². The Balaban J connectivity index is 1.75. The number of carbonyl (C=O) groups excluding carboxylic acids is 1. The summed E-state index contributed by atoms with van der Waals surface area (Å²) >= 11 is 7.60. The lowest BCUT2D eigenvalue weighted by molar-refractivity contribution is -0.0378. The third-order valence-corrected chi connectivity index (χ3v) is 5.00. The van der Waals surface area contributed by atoms with E-state index in [1.54, 1.807) is 5.38 Å². The van der Waals surface area contributed by atoms with Gasteiger partial charge in [-0.1, -0.05) is 48.0 Å². The standard InChI is InChI=1S/C20H19ClN2O3S/c1-23(25)20(24)17-13-27-19(22-17)11-15-10-16(21)8-5-9-18(15)26-12-14-6-3-2-4-7-14/h2-4,6-10,13,25H,5,11-12H2,1H3. The second kappa shape index (κ2) is 8.99. The number of carbonyl (C=O) groups is 1. The van der Waals surface area contributed by atoms with Crippen molar-refractivity contribution >= 4 is 28.8 Å². The Morgan fingerprint density at radius 2 is 2.11 bits per heavy atom. The molecule has 1 aliphatic rings. The summed E-state index contributed by atoms with van der Waals surface area (Å²) < 4.78 is 6.04. The minimum Gasteiger partial charge on any atom is -0.489 e. The van der Waals surface area contributed by atoms with Crippen molar-refractivity contribution in [3.05, 3.63) is 86.6 Å². The molecule has 0 fully saturated rings. The van der Waals surface area contributed by atoms with E-state index in [2.05, 4.69) is 4.98 Å². The van der Waals surface area contributed by atoms with Gasteiger partial charge >= 0.3 is 0 Å². The molecule has 0 saturated carbocycles. The highest BCUT2D eigenvalue weighted by Gasteiger charge is 2.17. The average Bonchev–Trinajstić information content (AvgIpc) is 3.04. The van der Waals surface area contributed by atoms with Gasteiger partial charge in [0.25, 0.3) is 5.91 Å². The van der Waals surface area contributed by atoms with Crippen molar-refractivity contribution in [1.82, 2.24) is 10.0 Å². The molecular weight excluding hydrogens is 384 g/mol. The van der Waals surface area contributed by atoms with Crippen molar-refractivity contribution in [2.75, 3.05) is 7.05 Å². The summed E-state index contributed by atoms with van der Waals surface area (Å²) in [4.78, 5) is 16.1. The molecule has 0 aliphatic heterocycles. The maximum Gasteiger partial charge on any atom is 0.296 e. The molecule has 0 atom stereocenters. The molecule has 1 N–H and O–H groups in total. The molecular formula is C20H19ClN2O3S. The third-order valence-electron chi connectivity index (χ3n) is 3.89. The summed E-state index contributed by atoms with van der Waals surface area (Å²) in [6.45, 7) is 0.457. The normalized spacial score (nSPS) is 14.0. The van der Waals surface area contributed by atoms with Crippen LogP contribution in [0, 0.1) is 0 Å². The predicted molar refractivity (Wildman–Crippen MR) is 106 cm³/mol. The van der Waals surface area contributed by atoms with Crippen molar-refractivity contribution in [3.8, 4) is 0 Å². The van der Waals surface area contributed by atoms with E-state index in [0.717, 1.165) is 21.9 Å². The van der Waals surface area contributed by atoms with Gasteiger partial charge in [0.05, 0.1) is 5.01 Å². The monoisotopic (exact) mass is 402 g/mol. The fourth-order valence-electron chi connectivity index (χ4n) is 2.55. The van der Waals surface area contributed by atoms with Gasteiger partial charge in [0.15, 0.2) is 0 Å². The molecule has 27 heavy (non-hydrogen) atoms. The van der Waals surface area contributed by atoms with Gasteiger partial charge in [0, 0.05) is 29.5 Å². The quantitative estimate of drug-likeness (QED) is 0.562. The minimum atomic E-state index is -0.540. The van der Waals surface area contributed by atoms with E-state index < -0.39 is 5.91 Å². The van der Waals surface area contributed by atoms with Crippen molar-refractivity contribution in [2.45, 2.75) is 19.4 Å². The lowest BCUT2D eigenvalue weighted by Crippen LogP contribution is -2.22. The van der Waals surface area contributed by atoms with Crippen LogP contribution in [0.3, 0.4) is 0 Å². The fraction of sp³-hybridized carbons (Fsp3) is 0.200. The molecule has 1 aromatic carbocycles. The topological polar surface area (TPSA) is 62.7 Å². The fourth-order valence-corrected chi connectivity index (χ4v) is 3.56. The lowest BCUT2D eigenvalue weighted by atomic mass is 10.1. The van der Waals surface area contributed by atoms with Gasteiger partial charge in [-0.15, -0.1) is 11.3 Å². The van der Waals surface area contributed by atoms with Gasteiger partial charge in [-0.3, -0.25) is 10.0 Å². The molecule has 0 radical (unpaired) electrons. The van der Waals surface area contributed by atoms with Gasteiger partial charge in [0.1, 0.15) is 18.1 Å². The first-order chi connectivity index (χ1) is 13.0. The number of amides is 1. The van der Waals surface area contributed by atoms with Gasteiger partial charge in [0.2, 0.25) is 0 Å². The van der Waals surface area contributed by atoms with Crippen molar-refractivity contribution < 1.29 is 14.7 Å². The van der Waals surface area contributed by atoms with Crippen molar-refractivity contribution in [3.63, 3.8) is 0 Å². The van der Waals surface area contributed by atoms with Gasteiger partial charge in [-0.2, -0.15) is 0 Å².